The van der Waals surface area contributed by atoms with Crippen molar-refractivity contribution in [3.05, 3.63) is 63.9 Å². The van der Waals surface area contributed by atoms with Gasteiger partial charge in [0, 0.05) is 29.3 Å². The predicted molar refractivity (Wildman–Crippen MR) is 77.4 cm³/mol. The van der Waals surface area contributed by atoms with Crippen molar-refractivity contribution in [2.75, 3.05) is 11.9 Å². The van der Waals surface area contributed by atoms with E-state index in [9.17, 15) is 4.39 Å². The molecule has 0 saturated carbocycles. The van der Waals surface area contributed by atoms with Crippen LogP contribution in [0.15, 0.2) is 46.9 Å². The van der Waals surface area contributed by atoms with Crippen molar-refractivity contribution in [1.82, 2.24) is 0 Å². The van der Waals surface area contributed by atoms with Crippen molar-refractivity contribution in [2.24, 2.45) is 0 Å². The Labute approximate surface area is 115 Å². The Morgan fingerprint density at radius 2 is 1.89 bits per heavy atom. The molecule has 0 fully saturated rings. The second-order valence-electron chi connectivity index (χ2n) is 4.38. The zero-order valence-corrected chi connectivity index (χ0v) is 12.0. The molecule has 0 aliphatic heterocycles. The molecule has 0 aromatic heterocycles. The number of nitrogens with zero attached hydrogens (tertiary/aromatic N) is 1. The molecule has 2 rings (SSSR count). The van der Waals surface area contributed by atoms with E-state index in [0.29, 0.717) is 12.1 Å². The van der Waals surface area contributed by atoms with Crippen LogP contribution in [0.2, 0.25) is 0 Å². The average molecular weight is 308 g/mol. The molecule has 0 N–H and O–H groups in total. The van der Waals surface area contributed by atoms with E-state index >= 15 is 0 Å². The van der Waals surface area contributed by atoms with Crippen LogP contribution in [0.3, 0.4) is 0 Å². The van der Waals surface area contributed by atoms with E-state index in [1.54, 1.807) is 0 Å². The first-order valence-electron chi connectivity index (χ1n) is 5.78. The predicted octanol–water partition coefficient (Wildman–Crippen LogP) is 4.53. The summed E-state index contributed by atoms with van der Waals surface area (Å²) >= 11 is 3.27. The molecule has 2 aromatic rings. The quantitative estimate of drug-likeness (QED) is 0.805. The van der Waals surface area contributed by atoms with E-state index in [4.69, 9.17) is 0 Å². The molecular weight excluding hydrogens is 293 g/mol. The first kappa shape index (κ1) is 13.1. The van der Waals surface area contributed by atoms with Crippen LogP contribution in [0.25, 0.3) is 0 Å². The summed E-state index contributed by atoms with van der Waals surface area (Å²) in [6, 6.07) is 13.3. The number of halogens is 2. The fraction of sp³-hybridized carbons (Fsp3) is 0.200. The van der Waals surface area contributed by atoms with Gasteiger partial charge in [0.15, 0.2) is 0 Å². The maximum atomic E-state index is 13.8. The van der Waals surface area contributed by atoms with Gasteiger partial charge in [-0.15, -0.1) is 0 Å². The molecule has 0 bridgehead atoms. The Hall–Kier alpha value is -1.35. The van der Waals surface area contributed by atoms with Gasteiger partial charge in [-0.25, -0.2) is 4.39 Å². The van der Waals surface area contributed by atoms with Crippen LogP contribution in [-0.4, -0.2) is 7.05 Å². The van der Waals surface area contributed by atoms with Crippen molar-refractivity contribution < 1.29 is 4.39 Å². The number of hydrogen-bond donors (Lipinski definition) is 0. The van der Waals surface area contributed by atoms with Crippen LogP contribution < -0.4 is 4.90 Å². The minimum absolute atomic E-state index is 0.176. The Morgan fingerprint density at radius 3 is 2.56 bits per heavy atom. The molecule has 3 heteroatoms. The van der Waals surface area contributed by atoms with E-state index in [2.05, 4.69) is 33.8 Å². The molecule has 0 spiro atoms. The maximum Gasteiger partial charge on any atom is 0.129 e. The van der Waals surface area contributed by atoms with Crippen LogP contribution in [0.1, 0.15) is 11.1 Å². The Bertz CT molecular complexity index is 554. The lowest BCUT2D eigenvalue weighted by molar-refractivity contribution is 0.607. The molecule has 0 unspecified atom stereocenters. The lowest BCUT2D eigenvalue weighted by atomic mass is 10.1. The third-order valence-electron chi connectivity index (χ3n) is 2.95. The number of hydrogen-bond acceptors (Lipinski definition) is 1. The maximum absolute atomic E-state index is 13.8. The smallest absolute Gasteiger partial charge is 0.129 e. The monoisotopic (exact) mass is 307 g/mol. The van der Waals surface area contributed by atoms with Gasteiger partial charge in [0.2, 0.25) is 0 Å². The average Bonchev–Trinajstić information content (AvgIpc) is 2.33. The fourth-order valence-electron chi connectivity index (χ4n) is 1.98. The standard InChI is InChI=1S/C15H15BrFN/c1-11-5-3-4-6-15(11)18(2)10-12-7-8-13(16)9-14(12)17/h3-9H,10H2,1-2H3. The highest BCUT2D eigenvalue weighted by Gasteiger charge is 2.08. The van der Waals surface area contributed by atoms with Gasteiger partial charge in [-0.2, -0.15) is 0 Å². The second-order valence-corrected chi connectivity index (χ2v) is 5.29. The molecular formula is C15H15BrFN. The van der Waals surface area contributed by atoms with Gasteiger partial charge in [0.05, 0.1) is 0 Å². The van der Waals surface area contributed by atoms with Gasteiger partial charge in [0.25, 0.3) is 0 Å². The highest BCUT2D eigenvalue weighted by atomic mass is 79.9. The second kappa shape index (κ2) is 5.53. The van der Waals surface area contributed by atoms with Crippen LogP contribution in [0.5, 0.6) is 0 Å². The molecule has 0 atom stereocenters. The number of anilines is 1. The lowest BCUT2D eigenvalue weighted by Crippen LogP contribution is -2.18. The molecule has 94 valence electrons. The Kier molecular flexibility index (Phi) is 4.02. The van der Waals surface area contributed by atoms with Gasteiger partial charge >= 0.3 is 0 Å². The van der Waals surface area contributed by atoms with E-state index in [1.807, 2.05) is 37.4 Å². The van der Waals surface area contributed by atoms with Crippen molar-refractivity contribution in [2.45, 2.75) is 13.5 Å². The first-order valence-corrected chi connectivity index (χ1v) is 6.58. The third kappa shape index (κ3) is 2.91. The van der Waals surface area contributed by atoms with Gasteiger partial charge in [-0.3, -0.25) is 0 Å². The fourth-order valence-corrected chi connectivity index (χ4v) is 2.32. The van der Waals surface area contributed by atoms with Crippen LogP contribution in [0.4, 0.5) is 10.1 Å². The number of para-hydroxylation sites is 1. The van der Waals surface area contributed by atoms with Gasteiger partial charge in [0.1, 0.15) is 5.82 Å². The summed E-state index contributed by atoms with van der Waals surface area (Å²) in [5.41, 5.74) is 3.02. The topological polar surface area (TPSA) is 3.24 Å². The van der Waals surface area contributed by atoms with E-state index in [0.717, 1.165) is 10.2 Å². The SMILES string of the molecule is Cc1ccccc1N(C)Cc1ccc(Br)cc1F. The molecule has 1 nitrogen and oxygen atoms in total. The summed E-state index contributed by atoms with van der Waals surface area (Å²) in [6.07, 6.45) is 0. The Morgan fingerprint density at radius 1 is 1.17 bits per heavy atom. The van der Waals surface area contributed by atoms with Crippen molar-refractivity contribution >= 4 is 21.6 Å². The zero-order valence-electron chi connectivity index (χ0n) is 10.5. The van der Waals surface area contributed by atoms with Crippen molar-refractivity contribution in [3.63, 3.8) is 0 Å². The number of aryl methyl sites for hydroxylation is 1. The molecule has 0 heterocycles. The minimum Gasteiger partial charge on any atom is -0.370 e. The van der Waals surface area contributed by atoms with Gasteiger partial charge < -0.3 is 4.90 Å². The summed E-state index contributed by atoms with van der Waals surface area (Å²) in [5, 5.41) is 0. The number of benzene rings is 2. The summed E-state index contributed by atoms with van der Waals surface area (Å²) < 4.78 is 14.5. The first-order chi connectivity index (χ1) is 8.58. The molecule has 0 saturated heterocycles. The third-order valence-corrected chi connectivity index (χ3v) is 3.44. The van der Waals surface area contributed by atoms with Crippen LogP contribution in [0, 0.1) is 12.7 Å². The summed E-state index contributed by atoms with van der Waals surface area (Å²) in [4.78, 5) is 2.06. The van der Waals surface area contributed by atoms with E-state index in [1.165, 1.54) is 11.6 Å². The Balaban J connectivity index is 2.21. The molecule has 0 amide bonds. The molecule has 2 aromatic carbocycles. The largest absolute Gasteiger partial charge is 0.370 e. The molecule has 0 radical (unpaired) electrons. The van der Waals surface area contributed by atoms with Crippen LogP contribution in [-0.2, 0) is 6.54 Å². The summed E-state index contributed by atoms with van der Waals surface area (Å²) in [7, 11) is 1.98. The summed E-state index contributed by atoms with van der Waals surface area (Å²) in [6.45, 7) is 2.62. The zero-order chi connectivity index (χ0) is 13.1. The molecule has 0 aliphatic carbocycles. The van der Waals surface area contributed by atoms with E-state index < -0.39 is 0 Å². The summed E-state index contributed by atoms with van der Waals surface area (Å²) in [5.74, 6) is -0.176. The van der Waals surface area contributed by atoms with Gasteiger partial charge in [-0.05, 0) is 30.7 Å². The van der Waals surface area contributed by atoms with E-state index in [-0.39, 0.29) is 5.82 Å². The highest BCUT2D eigenvalue weighted by Crippen LogP contribution is 2.22. The normalized spacial score (nSPS) is 10.4. The molecule has 18 heavy (non-hydrogen) atoms. The number of rotatable bonds is 3. The van der Waals surface area contributed by atoms with Crippen molar-refractivity contribution in [3.8, 4) is 0 Å². The van der Waals surface area contributed by atoms with Crippen LogP contribution >= 0.6 is 15.9 Å². The van der Waals surface area contributed by atoms with Crippen molar-refractivity contribution in [1.29, 1.82) is 0 Å². The van der Waals surface area contributed by atoms with Gasteiger partial charge in [-0.1, -0.05) is 40.2 Å². The highest BCUT2D eigenvalue weighted by molar-refractivity contribution is 9.10. The minimum atomic E-state index is -0.176. The molecule has 0 aliphatic rings. The lowest BCUT2D eigenvalue weighted by Gasteiger charge is -2.21.